The van der Waals surface area contributed by atoms with E-state index in [4.69, 9.17) is 0 Å². The van der Waals surface area contributed by atoms with E-state index in [1.54, 1.807) is 30.0 Å². The summed E-state index contributed by atoms with van der Waals surface area (Å²) < 4.78 is 0. The van der Waals surface area contributed by atoms with Crippen molar-refractivity contribution in [3.8, 4) is 0 Å². The molecule has 1 aromatic carbocycles. The maximum atomic E-state index is 12.1. The van der Waals surface area contributed by atoms with Crippen molar-refractivity contribution in [3.05, 3.63) is 41.5 Å². The average molecular weight is 276 g/mol. The van der Waals surface area contributed by atoms with Gasteiger partial charge in [0.2, 0.25) is 0 Å². The van der Waals surface area contributed by atoms with Gasteiger partial charge in [0.15, 0.2) is 0 Å². The quantitative estimate of drug-likeness (QED) is 0.812. The van der Waals surface area contributed by atoms with E-state index in [1.807, 2.05) is 13.8 Å². The molecule has 0 unspecified atom stereocenters. The van der Waals surface area contributed by atoms with Gasteiger partial charge in [0.25, 0.3) is 0 Å². The summed E-state index contributed by atoms with van der Waals surface area (Å²) in [6.45, 7) is 10.1. The molecule has 0 fully saturated rings. The van der Waals surface area contributed by atoms with E-state index in [0.717, 1.165) is 5.57 Å². The van der Waals surface area contributed by atoms with Crippen LogP contribution in [-0.2, 0) is 0 Å². The van der Waals surface area contributed by atoms with E-state index in [-0.39, 0.29) is 11.6 Å². The second-order valence-electron chi connectivity index (χ2n) is 4.70. The van der Waals surface area contributed by atoms with Crippen LogP contribution in [0.5, 0.6) is 0 Å². The molecule has 0 aliphatic rings. The first-order chi connectivity index (χ1) is 9.36. The van der Waals surface area contributed by atoms with Gasteiger partial charge in [-0.1, -0.05) is 24.3 Å². The third-order valence-corrected chi connectivity index (χ3v) is 2.86. The van der Waals surface area contributed by atoms with Crippen molar-refractivity contribution in [1.29, 1.82) is 0 Å². The molecule has 0 saturated heterocycles. The zero-order valence-electron chi connectivity index (χ0n) is 12.1. The lowest BCUT2D eigenvalue weighted by Gasteiger charge is -2.22. The number of carboxylic acid groups (broad SMARTS) is 1. The number of nitrogens with one attached hydrogen (secondary N) is 1. The summed E-state index contributed by atoms with van der Waals surface area (Å²) in [4.78, 5) is 25.0. The van der Waals surface area contributed by atoms with Crippen LogP contribution in [0.4, 0.5) is 10.5 Å². The number of anilines is 1. The molecule has 0 bridgehead atoms. The normalized spacial score (nSPS) is 9.95. The zero-order valence-corrected chi connectivity index (χ0v) is 12.1. The number of aromatic carboxylic acids is 1. The Bertz CT molecular complexity index is 538. The zero-order chi connectivity index (χ0) is 15.3. The Kier molecular flexibility index (Phi) is 5.32. The summed E-state index contributed by atoms with van der Waals surface area (Å²) in [5, 5.41) is 11.9. The number of benzene rings is 1. The van der Waals surface area contributed by atoms with Gasteiger partial charge in [0.05, 0.1) is 11.3 Å². The lowest BCUT2D eigenvalue weighted by Crippen LogP contribution is -2.36. The molecule has 108 valence electrons. The van der Waals surface area contributed by atoms with Crippen LogP contribution >= 0.6 is 0 Å². The number of aryl methyl sites for hydroxylation is 1. The molecule has 1 rings (SSSR count). The molecular weight excluding hydrogens is 256 g/mol. The van der Waals surface area contributed by atoms with Crippen molar-refractivity contribution in [1.82, 2.24) is 4.90 Å². The summed E-state index contributed by atoms with van der Waals surface area (Å²) in [5.41, 5.74) is 1.90. The van der Waals surface area contributed by atoms with Gasteiger partial charge in [-0.05, 0) is 32.4 Å². The summed E-state index contributed by atoms with van der Waals surface area (Å²) in [5.74, 6) is -1.05. The van der Waals surface area contributed by atoms with Gasteiger partial charge in [0, 0.05) is 13.1 Å². The van der Waals surface area contributed by atoms with Crippen LogP contribution in [0.2, 0.25) is 0 Å². The number of hydrogen-bond donors (Lipinski definition) is 2. The van der Waals surface area contributed by atoms with Gasteiger partial charge in [-0.25, -0.2) is 9.59 Å². The number of nitrogens with zero attached hydrogens (tertiary/aromatic N) is 1. The van der Waals surface area contributed by atoms with Gasteiger partial charge in [-0.2, -0.15) is 0 Å². The van der Waals surface area contributed by atoms with Gasteiger partial charge in [0.1, 0.15) is 0 Å². The molecule has 5 heteroatoms. The van der Waals surface area contributed by atoms with Crippen molar-refractivity contribution in [2.75, 3.05) is 18.4 Å². The third kappa shape index (κ3) is 3.85. The van der Waals surface area contributed by atoms with Crippen molar-refractivity contribution in [3.63, 3.8) is 0 Å². The summed E-state index contributed by atoms with van der Waals surface area (Å²) in [6, 6.07) is 4.67. The maximum Gasteiger partial charge on any atom is 0.338 e. The van der Waals surface area contributed by atoms with Crippen LogP contribution < -0.4 is 5.32 Å². The summed E-state index contributed by atoms with van der Waals surface area (Å²) in [7, 11) is 0. The Morgan fingerprint density at radius 1 is 1.40 bits per heavy atom. The maximum absolute atomic E-state index is 12.1. The number of hydrogen-bond acceptors (Lipinski definition) is 2. The predicted molar refractivity (Wildman–Crippen MR) is 79.2 cm³/mol. The highest BCUT2D eigenvalue weighted by Gasteiger charge is 2.17. The lowest BCUT2D eigenvalue weighted by molar-refractivity contribution is 0.0697. The molecule has 5 nitrogen and oxygen atoms in total. The van der Waals surface area contributed by atoms with Crippen molar-refractivity contribution < 1.29 is 14.7 Å². The first-order valence-electron chi connectivity index (χ1n) is 6.40. The van der Waals surface area contributed by atoms with Crippen LogP contribution in [0.1, 0.15) is 29.8 Å². The number of rotatable bonds is 5. The molecule has 0 atom stereocenters. The van der Waals surface area contributed by atoms with Crippen LogP contribution in [-0.4, -0.2) is 35.1 Å². The van der Waals surface area contributed by atoms with Crippen LogP contribution in [0, 0.1) is 6.92 Å². The van der Waals surface area contributed by atoms with Crippen molar-refractivity contribution >= 4 is 17.7 Å². The summed E-state index contributed by atoms with van der Waals surface area (Å²) in [6.07, 6.45) is 0. The van der Waals surface area contributed by atoms with Gasteiger partial charge >= 0.3 is 12.0 Å². The molecule has 0 aliphatic carbocycles. The van der Waals surface area contributed by atoms with Crippen LogP contribution in [0.25, 0.3) is 0 Å². The number of carboxylic acids is 1. The minimum absolute atomic E-state index is 0.118. The van der Waals surface area contributed by atoms with Crippen molar-refractivity contribution in [2.45, 2.75) is 20.8 Å². The topological polar surface area (TPSA) is 69.6 Å². The average Bonchev–Trinajstić information content (AvgIpc) is 2.35. The van der Waals surface area contributed by atoms with Gasteiger partial charge in [-0.3, -0.25) is 0 Å². The second-order valence-corrected chi connectivity index (χ2v) is 4.70. The highest BCUT2D eigenvalue weighted by atomic mass is 16.4. The monoisotopic (exact) mass is 276 g/mol. The van der Waals surface area contributed by atoms with Crippen LogP contribution in [0.15, 0.2) is 30.4 Å². The Labute approximate surface area is 118 Å². The van der Waals surface area contributed by atoms with E-state index in [0.29, 0.717) is 24.3 Å². The minimum Gasteiger partial charge on any atom is -0.478 e. The second kappa shape index (κ2) is 6.75. The van der Waals surface area contributed by atoms with E-state index < -0.39 is 5.97 Å². The van der Waals surface area contributed by atoms with E-state index in [9.17, 15) is 14.7 Å². The highest BCUT2D eigenvalue weighted by molar-refractivity contribution is 6.01. The molecule has 0 aromatic heterocycles. The predicted octanol–water partition coefficient (Wildman–Crippen LogP) is 3.12. The molecule has 0 radical (unpaired) electrons. The fourth-order valence-electron chi connectivity index (χ4n) is 1.90. The molecule has 1 aromatic rings. The third-order valence-electron chi connectivity index (χ3n) is 2.86. The molecular formula is C15H20N2O3. The Balaban J connectivity index is 2.98. The smallest absolute Gasteiger partial charge is 0.338 e. The number of urea groups is 1. The Hall–Kier alpha value is -2.30. The van der Waals surface area contributed by atoms with Crippen LogP contribution in [0.3, 0.4) is 0 Å². The van der Waals surface area contributed by atoms with Crippen molar-refractivity contribution in [2.24, 2.45) is 0 Å². The number of amides is 2. The minimum atomic E-state index is -1.05. The van der Waals surface area contributed by atoms with Gasteiger partial charge < -0.3 is 15.3 Å². The van der Waals surface area contributed by atoms with Gasteiger partial charge in [-0.15, -0.1) is 0 Å². The number of carbonyl (C=O) groups is 2. The molecule has 0 saturated carbocycles. The Morgan fingerprint density at radius 3 is 2.55 bits per heavy atom. The standard InChI is InChI=1S/C15H20N2O3/c1-5-17(9-10(2)3)15(20)16-12-8-6-7-11(4)13(12)14(18)19/h6-8H,2,5,9H2,1,3-4H3,(H,16,20)(H,18,19). The first kappa shape index (κ1) is 15.8. The number of likely N-dealkylation sites (N-methyl/N-ethyl adjacent to an activating group) is 1. The molecule has 2 N–H and O–H groups in total. The fraction of sp³-hybridized carbons (Fsp3) is 0.333. The molecule has 20 heavy (non-hydrogen) atoms. The lowest BCUT2D eigenvalue weighted by atomic mass is 10.1. The fourth-order valence-corrected chi connectivity index (χ4v) is 1.90. The van der Waals surface area contributed by atoms with E-state index in [2.05, 4.69) is 11.9 Å². The molecule has 0 spiro atoms. The largest absolute Gasteiger partial charge is 0.478 e. The Morgan fingerprint density at radius 2 is 2.05 bits per heavy atom. The first-order valence-corrected chi connectivity index (χ1v) is 6.40. The molecule has 0 aliphatic heterocycles. The highest BCUT2D eigenvalue weighted by Crippen LogP contribution is 2.20. The van der Waals surface area contributed by atoms with E-state index in [1.165, 1.54) is 0 Å². The number of carbonyl (C=O) groups excluding carboxylic acids is 1. The molecule has 2 amide bonds. The van der Waals surface area contributed by atoms with E-state index >= 15 is 0 Å². The summed E-state index contributed by atoms with van der Waals surface area (Å²) >= 11 is 0. The SMILES string of the molecule is C=C(C)CN(CC)C(=O)Nc1cccc(C)c1C(=O)O. The molecule has 0 heterocycles.